The van der Waals surface area contributed by atoms with Gasteiger partial charge in [-0.3, -0.25) is 0 Å². The lowest BCUT2D eigenvalue weighted by Gasteiger charge is -2.15. The van der Waals surface area contributed by atoms with Crippen LogP contribution in [-0.4, -0.2) is 11.2 Å². The molecule has 1 nitrogen and oxygen atoms in total. The largest absolute Gasteiger partial charge is 0.389 e. The van der Waals surface area contributed by atoms with E-state index in [2.05, 4.69) is 6.08 Å². The van der Waals surface area contributed by atoms with E-state index in [1.165, 1.54) is 12.0 Å². The Kier molecular flexibility index (Phi) is 1.15. The Morgan fingerprint density at radius 2 is 2.43 bits per heavy atom. The van der Waals surface area contributed by atoms with Gasteiger partial charge in [-0.2, -0.15) is 0 Å². The molecule has 0 aromatic heterocycles. The molecule has 0 aliphatic heterocycles. The van der Waals surface area contributed by atoms with Crippen LogP contribution in [0.3, 0.4) is 0 Å². The second kappa shape index (κ2) is 1.66. The van der Waals surface area contributed by atoms with Gasteiger partial charge in [0.2, 0.25) is 0 Å². The maximum absolute atomic E-state index is 8.80. The van der Waals surface area contributed by atoms with E-state index in [1.54, 1.807) is 0 Å². The fourth-order valence-electron chi connectivity index (χ4n) is 0.690. The van der Waals surface area contributed by atoms with E-state index in [-0.39, 0.29) is 6.10 Å². The molecule has 0 fully saturated rings. The molecule has 0 aromatic carbocycles. The van der Waals surface area contributed by atoms with Gasteiger partial charge in [0.25, 0.3) is 0 Å². The third kappa shape index (κ3) is 0.829. The highest BCUT2D eigenvalue weighted by molar-refractivity contribution is 5.15. The molecule has 0 radical (unpaired) electrons. The van der Waals surface area contributed by atoms with Crippen LogP contribution in [0.25, 0.3) is 0 Å². The Balaban J connectivity index is 2.40. The average molecular weight is 98.1 g/mol. The first kappa shape index (κ1) is 4.85. The van der Waals surface area contributed by atoms with Gasteiger partial charge in [-0.15, -0.1) is 0 Å². The standard InChI is InChI=1S/C6H10O/c1-5(7)6-3-2-4-6/h3,5,7H,2,4H2,1H3. The van der Waals surface area contributed by atoms with E-state index in [9.17, 15) is 0 Å². The van der Waals surface area contributed by atoms with Crippen molar-refractivity contribution in [3.63, 3.8) is 0 Å². The Morgan fingerprint density at radius 3 is 2.43 bits per heavy atom. The summed E-state index contributed by atoms with van der Waals surface area (Å²) in [6, 6.07) is 0. The van der Waals surface area contributed by atoms with Crippen molar-refractivity contribution in [1.29, 1.82) is 0 Å². The van der Waals surface area contributed by atoms with Crippen molar-refractivity contribution >= 4 is 0 Å². The predicted molar refractivity (Wildman–Crippen MR) is 29.0 cm³/mol. The van der Waals surface area contributed by atoms with Crippen molar-refractivity contribution < 1.29 is 5.11 Å². The number of allylic oxidation sites excluding steroid dienone is 1. The summed E-state index contributed by atoms with van der Waals surface area (Å²) in [5.74, 6) is 0. The molecule has 1 atom stereocenters. The van der Waals surface area contributed by atoms with Crippen LogP contribution in [0.4, 0.5) is 0 Å². The lowest BCUT2D eigenvalue weighted by molar-refractivity contribution is 0.222. The van der Waals surface area contributed by atoms with Gasteiger partial charge in [-0.05, 0) is 25.3 Å². The highest BCUT2D eigenvalue weighted by Gasteiger charge is 2.09. The predicted octanol–water partition coefficient (Wildman–Crippen LogP) is 1.09. The molecule has 1 N–H and O–H groups in total. The van der Waals surface area contributed by atoms with Crippen molar-refractivity contribution in [3.05, 3.63) is 11.6 Å². The Bertz CT molecular complexity index is 92.4. The SMILES string of the molecule is CC(O)C1=CCC1. The average Bonchev–Trinajstić information content (AvgIpc) is 1.23. The smallest absolute Gasteiger partial charge is 0.0722 e. The van der Waals surface area contributed by atoms with Gasteiger partial charge in [-0.1, -0.05) is 6.08 Å². The van der Waals surface area contributed by atoms with Crippen molar-refractivity contribution in [2.24, 2.45) is 0 Å². The Morgan fingerprint density at radius 1 is 1.86 bits per heavy atom. The third-order valence-electron chi connectivity index (χ3n) is 1.38. The van der Waals surface area contributed by atoms with Crippen LogP contribution in [-0.2, 0) is 0 Å². The lowest BCUT2D eigenvalue weighted by Crippen LogP contribution is -2.09. The number of rotatable bonds is 1. The number of hydrogen-bond acceptors (Lipinski definition) is 1. The second-order valence-electron chi connectivity index (χ2n) is 1.99. The van der Waals surface area contributed by atoms with E-state index >= 15 is 0 Å². The quantitative estimate of drug-likeness (QED) is 0.487. The van der Waals surface area contributed by atoms with Gasteiger partial charge < -0.3 is 5.11 Å². The molecule has 0 bridgehead atoms. The van der Waals surface area contributed by atoms with Gasteiger partial charge >= 0.3 is 0 Å². The zero-order valence-corrected chi connectivity index (χ0v) is 4.52. The summed E-state index contributed by atoms with van der Waals surface area (Å²) in [6.45, 7) is 1.81. The first-order valence-corrected chi connectivity index (χ1v) is 2.67. The van der Waals surface area contributed by atoms with Crippen LogP contribution < -0.4 is 0 Å². The topological polar surface area (TPSA) is 20.2 Å². The molecule has 0 heterocycles. The van der Waals surface area contributed by atoms with Gasteiger partial charge in [0.15, 0.2) is 0 Å². The summed E-state index contributed by atoms with van der Waals surface area (Å²) < 4.78 is 0. The van der Waals surface area contributed by atoms with Crippen LogP contribution in [0.5, 0.6) is 0 Å². The summed E-state index contributed by atoms with van der Waals surface area (Å²) >= 11 is 0. The second-order valence-corrected chi connectivity index (χ2v) is 1.99. The molecule has 7 heavy (non-hydrogen) atoms. The fourth-order valence-corrected chi connectivity index (χ4v) is 0.690. The molecular weight excluding hydrogens is 88.1 g/mol. The van der Waals surface area contributed by atoms with Gasteiger partial charge in [0, 0.05) is 0 Å². The molecule has 0 spiro atoms. The first-order valence-electron chi connectivity index (χ1n) is 2.67. The number of aliphatic hydroxyl groups excluding tert-OH is 1. The Hall–Kier alpha value is -0.300. The normalized spacial score (nSPS) is 22.9. The highest BCUT2D eigenvalue weighted by atomic mass is 16.3. The zero-order chi connectivity index (χ0) is 5.28. The molecule has 1 aliphatic rings. The summed E-state index contributed by atoms with van der Waals surface area (Å²) in [4.78, 5) is 0. The maximum atomic E-state index is 8.80. The van der Waals surface area contributed by atoms with Crippen molar-refractivity contribution in [3.8, 4) is 0 Å². The van der Waals surface area contributed by atoms with Crippen LogP contribution in [0.1, 0.15) is 19.8 Å². The molecule has 0 amide bonds. The fraction of sp³-hybridized carbons (Fsp3) is 0.667. The van der Waals surface area contributed by atoms with E-state index in [4.69, 9.17) is 5.11 Å². The minimum Gasteiger partial charge on any atom is -0.389 e. The number of aliphatic hydroxyl groups is 1. The zero-order valence-electron chi connectivity index (χ0n) is 4.52. The molecule has 1 rings (SSSR count). The summed E-state index contributed by atoms with van der Waals surface area (Å²) in [5.41, 5.74) is 1.21. The minimum atomic E-state index is -0.186. The highest BCUT2D eigenvalue weighted by Crippen LogP contribution is 2.20. The molecule has 1 heteroatoms. The molecule has 1 aliphatic carbocycles. The third-order valence-corrected chi connectivity index (χ3v) is 1.38. The summed E-state index contributed by atoms with van der Waals surface area (Å²) in [6.07, 6.45) is 4.18. The van der Waals surface area contributed by atoms with Crippen molar-refractivity contribution in [1.82, 2.24) is 0 Å². The maximum Gasteiger partial charge on any atom is 0.0722 e. The molecule has 1 unspecified atom stereocenters. The molecule has 0 saturated carbocycles. The van der Waals surface area contributed by atoms with Crippen LogP contribution >= 0.6 is 0 Å². The van der Waals surface area contributed by atoms with Crippen LogP contribution in [0, 0.1) is 0 Å². The van der Waals surface area contributed by atoms with Crippen LogP contribution in [0.15, 0.2) is 11.6 Å². The van der Waals surface area contributed by atoms with Crippen molar-refractivity contribution in [2.75, 3.05) is 0 Å². The molecular formula is C6H10O. The van der Waals surface area contributed by atoms with Gasteiger partial charge in [0.05, 0.1) is 6.10 Å². The molecule has 0 saturated heterocycles. The van der Waals surface area contributed by atoms with Gasteiger partial charge in [0.1, 0.15) is 0 Å². The van der Waals surface area contributed by atoms with E-state index in [1.807, 2.05) is 6.92 Å². The molecule has 0 aromatic rings. The summed E-state index contributed by atoms with van der Waals surface area (Å²) in [7, 11) is 0. The van der Waals surface area contributed by atoms with E-state index in [0.29, 0.717) is 0 Å². The Labute approximate surface area is 43.7 Å². The van der Waals surface area contributed by atoms with Crippen LogP contribution in [0.2, 0.25) is 0 Å². The monoisotopic (exact) mass is 98.1 g/mol. The van der Waals surface area contributed by atoms with E-state index < -0.39 is 0 Å². The molecule has 40 valence electrons. The van der Waals surface area contributed by atoms with Crippen molar-refractivity contribution in [2.45, 2.75) is 25.9 Å². The lowest BCUT2D eigenvalue weighted by atomic mass is 9.95. The van der Waals surface area contributed by atoms with E-state index in [0.717, 1.165) is 6.42 Å². The summed E-state index contributed by atoms with van der Waals surface area (Å²) in [5, 5.41) is 8.80. The first-order chi connectivity index (χ1) is 3.30. The minimum absolute atomic E-state index is 0.186. The van der Waals surface area contributed by atoms with Gasteiger partial charge in [-0.25, -0.2) is 0 Å². The number of hydrogen-bond donors (Lipinski definition) is 1.